The molecular weight excluding hydrogens is 527 g/mol. The maximum absolute atomic E-state index is 12.7. The van der Waals surface area contributed by atoms with Gasteiger partial charge in [0.1, 0.15) is 28.9 Å². The standard InChI is InChI=1S/C25H22F3N3O4S2/c1-16(2)23-29-30-24(36-23)31-37(32,33)22-13-11-19(12-14-22)34-15-17-3-7-20(8-4-17)35-21-9-5-18(6-10-21)25(26,27)28/h3-14,16H,15H2,1-2H3,(H,30,31). The van der Waals surface area contributed by atoms with Crippen LogP contribution in [0.1, 0.15) is 35.9 Å². The van der Waals surface area contributed by atoms with Crippen molar-refractivity contribution in [1.29, 1.82) is 0 Å². The van der Waals surface area contributed by atoms with Crippen LogP contribution in [0.2, 0.25) is 0 Å². The topological polar surface area (TPSA) is 90.4 Å². The number of sulfonamides is 1. The lowest BCUT2D eigenvalue weighted by Crippen LogP contribution is -2.12. The quantitative estimate of drug-likeness (QED) is 0.246. The normalized spacial score (nSPS) is 11.9. The van der Waals surface area contributed by atoms with E-state index in [1.807, 2.05) is 13.8 Å². The molecule has 0 saturated heterocycles. The summed E-state index contributed by atoms with van der Waals surface area (Å²) in [5.41, 5.74) is 0.0710. The first-order valence-electron chi connectivity index (χ1n) is 11.0. The first kappa shape index (κ1) is 26.4. The van der Waals surface area contributed by atoms with Gasteiger partial charge < -0.3 is 9.47 Å². The number of aromatic nitrogens is 2. The van der Waals surface area contributed by atoms with Crippen LogP contribution in [0, 0.1) is 0 Å². The number of hydrogen-bond acceptors (Lipinski definition) is 7. The van der Waals surface area contributed by atoms with E-state index in [9.17, 15) is 21.6 Å². The molecule has 0 atom stereocenters. The lowest BCUT2D eigenvalue weighted by atomic mass is 10.2. The minimum Gasteiger partial charge on any atom is -0.489 e. The van der Waals surface area contributed by atoms with Crippen LogP contribution >= 0.6 is 11.3 Å². The minimum atomic E-state index is -4.40. The maximum atomic E-state index is 12.7. The molecule has 12 heteroatoms. The molecular formula is C25H22F3N3O4S2. The zero-order chi connectivity index (χ0) is 26.6. The third kappa shape index (κ3) is 6.98. The average molecular weight is 550 g/mol. The molecule has 194 valence electrons. The fourth-order valence-corrected chi connectivity index (χ4v) is 5.04. The number of anilines is 1. The first-order valence-corrected chi connectivity index (χ1v) is 13.3. The lowest BCUT2D eigenvalue weighted by Gasteiger charge is -2.10. The fourth-order valence-electron chi connectivity index (χ4n) is 3.07. The second-order valence-electron chi connectivity index (χ2n) is 8.23. The highest BCUT2D eigenvalue weighted by atomic mass is 32.2. The second kappa shape index (κ2) is 10.8. The Kier molecular flexibility index (Phi) is 7.69. The fraction of sp³-hybridized carbons (Fsp3) is 0.200. The van der Waals surface area contributed by atoms with Crippen molar-refractivity contribution >= 4 is 26.5 Å². The molecule has 0 aliphatic rings. The zero-order valence-corrected chi connectivity index (χ0v) is 21.3. The molecule has 0 amide bonds. The molecule has 0 aliphatic heterocycles. The van der Waals surface area contributed by atoms with Crippen molar-refractivity contribution in [3.63, 3.8) is 0 Å². The Morgan fingerprint density at radius 2 is 1.43 bits per heavy atom. The van der Waals surface area contributed by atoms with Crippen LogP contribution in [0.4, 0.5) is 18.3 Å². The van der Waals surface area contributed by atoms with Gasteiger partial charge in [0.25, 0.3) is 10.0 Å². The van der Waals surface area contributed by atoms with Gasteiger partial charge in [0.2, 0.25) is 5.13 Å². The van der Waals surface area contributed by atoms with Gasteiger partial charge in [0, 0.05) is 5.92 Å². The van der Waals surface area contributed by atoms with E-state index in [1.54, 1.807) is 36.4 Å². The molecule has 1 N–H and O–H groups in total. The van der Waals surface area contributed by atoms with E-state index in [2.05, 4.69) is 14.9 Å². The number of hydrogen-bond donors (Lipinski definition) is 1. The number of alkyl halides is 3. The van der Waals surface area contributed by atoms with Crippen LogP contribution in [-0.4, -0.2) is 18.6 Å². The summed E-state index contributed by atoms with van der Waals surface area (Å²) in [4.78, 5) is 0.0610. The largest absolute Gasteiger partial charge is 0.489 e. The molecule has 3 aromatic carbocycles. The molecule has 37 heavy (non-hydrogen) atoms. The Balaban J connectivity index is 1.31. The SMILES string of the molecule is CC(C)c1nnc(NS(=O)(=O)c2ccc(OCc3ccc(Oc4ccc(C(F)(F)F)cc4)cc3)cc2)s1. The van der Waals surface area contributed by atoms with Gasteiger partial charge in [-0.25, -0.2) is 8.42 Å². The molecule has 4 rings (SSSR count). The van der Waals surface area contributed by atoms with Crippen molar-refractivity contribution in [3.8, 4) is 17.2 Å². The van der Waals surface area contributed by atoms with Crippen molar-refractivity contribution in [2.24, 2.45) is 0 Å². The summed E-state index contributed by atoms with van der Waals surface area (Å²) in [5.74, 6) is 1.37. The van der Waals surface area contributed by atoms with Crippen molar-refractivity contribution in [2.75, 3.05) is 4.72 Å². The predicted molar refractivity (Wildman–Crippen MR) is 134 cm³/mol. The van der Waals surface area contributed by atoms with Gasteiger partial charge in [0.15, 0.2) is 0 Å². The van der Waals surface area contributed by atoms with Crippen molar-refractivity contribution in [2.45, 2.75) is 37.4 Å². The van der Waals surface area contributed by atoms with Gasteiger partial charge in [-0.2, -0.15) is 13.2 Å². The Labute approximate surface area is 216 Å². The number of rotatable bonds is 9. The Bertz CT molecular complexity index is 1440. The summed E-state index contributed by atoms with van der Waals surface area (Å²) < 4.78 is 77.0. The van der Waals surface area contributed by atoms with Crippen LogP contribution in [0.3, 0.4) is 0 Å². The highest BCUT2D eigenvalue weighted by Gasteiger charge is 2.30. The van der Waals surface area contributed by atoms with Crippen molar-refractivity contribution < 1.29 is 31.1 Å². The molecule has 0 fully saturated rings. The number of nitrogens with one attached hydrogen (secondary N) is 1. The third-order valence-electron chi connectivity index (χ3n) is 5.04. The Morgan fingerprint density at radius 1 is 0.865 bits per heavy atom. The molecule has 0 spiro atoms. The maximum Gasteiger partial charge on any atom is 0.416 e. The average Bonchev–Trinajstić information content (AvgIpc) is 3.32. The smallest absolute Gasteiger partial charge is 0.416 e. The van der Waals surface area contributed by atoms with Crippen molar-refractivity contribution in [3.05, 3.63) is 88.9 Å². The Morgan fingerprint density at radius 3 is 1.97 bits per heavy atom. The summed E-state index contributed by atoms with van der Waals surface area (Å²) in [6.45, 7) is 4.11. The second-order valence-corrected chi connectivity index (χ2v) is 10.9. The summed E-state index contributed by atoms with van der Waals surface area (Å²) >= 11 is 1.19. The molecule has 1 aromatic heterocycles. The lowest BCUT2D eigenvalue weighted by molar-refractivity contribution is -0.137. The molecule has 0 bridgehead atoms. The summed E-state index contributed by atoms with van der Waals surface area (Å²) in [5, 5.41) is 8.79. The molecule has 0 unspecified atom stereocenters. The molecule has 7 nitrogen and oxygen atoms in total. The van der Waals surface area contributed by atoms with Gasteiger partial charge >= 0.3 is 6.18 Å². The highest BCUT2D eigenvalue weighted by Crippen LogP contribution is 2.31. The number of nitrogens with zero attached hydrogens (tertiary/aromatic N) is 2. The van der Waals surface area contributed by atoms with Gasteiger partial charge in [-0.15, -0.1) is 10.2 Å². The summed E-state index contributed by atoms with van der Waals surface area (Å²) in [6, 6.07) is 17.3. The molecule has 1 heterocycles. The third-order valence-corrected chi connectivity index (χ3v) is 7.66. The monoisotopic (exact) mass is 549 g/mol. The van der Waals surface area contributed by atoms with E-state index in [-0.39, 0.29) is 28.3 Å². The van der Waals surface area contributed by atoms with Gasteiger partial charge in [-0.05, 0) is 66.2 Å². The van der Waals surface area contributed by atoms with E-state index in [0.29, 0.717) is 11.5 Å². The summed E-state index contributed by atoms with van der Waals surface area (Å²) in [7, 11) is -3.82. The first-order chi connectivity index (χ1) is 17.5. The predicted octanol–water partition coefficient (Wildman–Crippen LogP) is 6.85. The summed E-state index contributed by atoms with van der Waals surface area (Å²) in [6.07, 6.45) is -4.40. The van der Waals surface area contributed by atoms with Gasteiger partial charge in [0.05, 0.1) is 10.5 Å². The molecule has 0 radical (unpaired) electrons. The molecule has 0 saturated carbocycles. The van der Waals surface area contributed by atoms with E-state index >= 15 is 0 Å². The van der Waals surface area contributed by atoms with E-state index < -0.39 is 21.8 Å². The Hall–Kier alpha value is -3.64. The number of benzene rings is 3. The van der Waals surface area contributed by atoms with Crippen LogP contribution in [0.5, 0.6) is 17.2 Å². The zero-order valence-electron chi connectivity index (χ0n) is 19.7. The highest BCUT2D eigenvalue weighted by molar-refractivity contribution is 7.93. The number of ether oxygens (including phenoxy) is 2. The van der Waals surface area contributed by atoms with Gasteiger partial charge in [-0.3, -0.25) is 4.72 Å². The van der Waals surface area contributed by atoms with E-state index in [4.69, 9.17) is 9.47 Å². The van der Waals surface area contributed by atoms with Crippen LogP contribution in [0.25, 0.3) is 0 Å². The molecule has 4 aromatic rings. The van der Waals surface area contributed by atoms with Crippen LogP contribution < -0.4 is 14.2 Å². The minimum absolute atomic E-state index is 0.0610. The molecule has 0 aliphatic carbocycles. The van der Waals surface area contributed by atoms with Crippen LogP contribution in [-0.2, 0) is 22.8 Å². The van der Waals surface area contributed by atoms with Crippen molar-refractivity contribution in [1.82, 2.24) is 10.2 Å². The van der Waals surface area contributed by atoms with E-state index in [0.717, 1.165) is 22.7 Å². The van der Waals surface area contributed by atoms with Crippen LogP contribution in [0.15, 0.2) is 77.7 Å². The van der Waals surface area contributed by atoms with E-state index in [1.165, 1.54) is 35.6 Å². The van der Waals surface area contributed by atoms with Gasteiger partial charge in [-0.1, -0.05) is 37.3 Å². The number of halogens is 3.